The second-order valence-electron chi connectivity index (χ2n) is 17.1. The maximum atomic E-state index is 13.0. The van der Waals surface area contributed by atoms with Crippen molar-refractivity contribution in [2.45, 2.75) is 250 Å². The number of esters is 3. The standard InChI is InChI=1S/C51H88O12/c1-4-7-10-13-16-19-20-21-22-23-24-27-30-33-36-39-45(54)62-49-47(56)46(55)48(50(57)58)63-51(49)60-41-42(61-44(53)38-35-32-29-26-18-15-12-9-6-3)40-59-43(52)37-34-31-28-25-17-14-11-8-5-2/h7,10,16,19,21-22,42,46-49,51,55-56H,4-6,8-9,11-15,17-18,20,23-41H2,1-3H3,(H,57,58)/b10-7-,19-16-,22-21-. The Bertz CT molecular complexity index is 1250. The van der Waals surface area contributed by atoms with Crippen molar-refractivity contribution in [2.24, 2.45) is 0 Å². The van der Waals surface area contributed by atoms with Gasteiger partial charge in [-0.05, 0) is 51.4 Å². The van der Waals surface area contributed by atoms with Crippen LogP contribution in [0.15, 0.2) is 36.5 Å². The van der Waals surface area contributed by atoms with E-state index in [9.17, 15) is 34.5 Å². The molecule has 6 unspecified atom stereocenters. The Hall–Kier alpha value is -3.06. The van der Waals surface area contributed by atoms with Crippen molar-refractivity contribution in [2.75, 3.05) is 13.2 Å². The number of carboxylic acid groups (broad SMARTS) is 1. The summed E-state index contributed by atoms with van der Waals surface area (Å²) in [6.45, 7) is 5.79. The minimum Gasteiger partial charge on any atom is -0.479 e. The number of carbonyl (C=O) groups is 4. The van der Waals surface area contributed by atoms with E-state index in [1.54, 1.807) is 0 Å². The summed E-state index contributed by atoms with van der Waals surface area (Å²) in [4.78, 5) is 50.6. The number of ether oxygens (including phenoxy) is 5. The molecule has 63 heavy (non-hydrogen) atoms. The molecule has 0 aromatic carbocycles. The molecule has 1 fully saturated rings. The summed E-state index contributed by atoms with van der Waals surface area (Å²) in [7, 11) is 0. The zero-order chi connectivity index (χ0) is 46.2. The first-order valence-corrected chi connectivity index (χ1v) is 25.0. The molecule has 1 rings (SSSR count). The number of aliphatic hydroxyl groups excluding tert-OH is 2. The molecule has 1 saturated heterocycles. The molecule has 12 heteroatoms. The van der Waals surface area contributed by atoms with Gasteiger partial charge in [0.2, 0.25) is 0 Å². The third-order valence-electron chi connectivity index (χ3n) is 11.2. The highest BCUT2D eigenvalue weighted by molar-refractivity contribution is 5.74. The Balaban J connectivity index is 2.73. The number of unbranched alkanes of at least 4 members (excludes halogenated alkanes) is 21. The lowest BCUT2D eigenvalue weighted by molar-refractivity contribution is -0.301. The third-order valence-corrected chi connectivity index (χ3v) is 11.2. The van der Waals surface area contributed by atoms with Crippen LogP contribution in [0.25, 0.3) is 0 Å². The Labute approximate surface area is 381 Å². The minimum atomic E-state index is -1.90. The molecule has 6 atom stereocenters. The number of hydrogen-bond donors (Lipinski definition) is 3. The normalized spacial score (nSPS) is 19.5. The molecule has 0 aromatic rings. The van der Waals surface area contributed by atoms with Gasteiger partial charge >= 0.3 is 23.9 Å². The average Bonchev–Trinajstić information content (AvgIpc) is 3.26. The Morgan fingerprint density at radius 1 is 0.540 bits per heavy atom. The molecule has 0 radical (unpaired) electrons. The molecule has 0 amide bonds. The highest BCUT2D eigenvalue weighted by Crippen LogP contribution is 2.26. The first kappa shape index (κ1) is 58.0. The van der Waals surface area contributed by atoms with E-state index in [1.165, 1.54) is 64.2 Å². The van der Waals surface area contributed by atoms with Crippen LogP contribution in [0, 0.1) is 0 Å². The van der Waals surface area contributed by atoms with Crippen molar-refractivity contribution in [3.63, 3.8) is 0 Å². The molecule has 0 saturated carbocycles. The predicted octanol–water partition coefficient (Wildman–Crippen LogP) is 11.3. The number of rotatable bonds is 41. The zero-order valence-corrected chi connectivity index (χ0v) is 39.6. The third kappa shape index (κ3) is 31.5. The van der Waals surface area contributed by atoms with Crippen LogP contribution in [0.1, 0.15) is 213 Å². The molecule has 0 spiro atoms. The molecule has 0 aromatic heterocycles. The smallest absolute Gasteiger partial charge is 0.335 e. The number of carboxylic acids is 1. The maximum Gasteiger partial charge on any atom is 0.335 e. The van der Waals surface area contributed by atoms with E-state index < -0.39 is 67.3 Å². The van der Waals surface area contributed by atoms with Crippen LogP contribution in [0.5, 0.6) is 0 Å². The number of aliphatic hydroxyl groups is 2. The van der Waals surface area contributed by atoms with E-state index in [0.29, 0.717) is 19.3 Å². The second-order valence-corrected chi connectivity index (χ2v) is 17.1. The van der Waals surface area contributed by atoms with Crippen LogP contribution in [0.3, 0.4) is 0 Å². The molecular weight excluding hydrogens is 805 g/mol. The lowest BCUT2D eigenvalue weighted by atomic mass is 9.98. The fraction of sp³-hybridized carbons (Fsp3) is 0.804. The number of allylic oxidation sites excluding steroid dienone is 6. The van der Waals surface area contributed by atoms with Gasteiger partial charge in [0.05, 0.1) is 6.61 Å². The molecular formula is C51H88O12. The maximum absolute atomic E-state index is 13.0. The Morgan fingerprint density at radius 2 is 1.00 bits per heavy atom. The van der Waals surface area contributed by atoms with E-state index in [-0.39, 0.29) is 25.9 Å². The van der Waals surface area contributed by atoms with Gasteiger partial charge in [-0.15, -0.1) is 0 Å². The van der Waals surface area contributed by atoms with Gasteiger partial charge < -0.3 is 39.0 Å². The molecule has 364 valence electrons. The summed E-state index contributed by atoms with van der Waals surface area (Å²) in [6, 6.07) is 0. The van der Waals surface area contributed by atoms with Crippen molar-refractivity contribution >= 4 is 23.9 Å². The van der Waals surface area contributed by atoms with E-state index in [1.807, 2.05) is 0 Å². The van der Waals surface area contributed by atoms with Crippen LogP contribution in [0.4, 0.5) is 0 Å². The molecule has 12 nitrogen and oxygen atoms in total. The van der Waals surface area contributed by atoms with Crippen molar-refractivity contribution in [1.82, 2.24) is 0 Å². The lowest BCUT2D eigenvalue weighted by Gasteiger charge is -2.40. The first-order chi connectivity index (χ1) is 30.6. The van der Waals surface area contributed by atoms with Crippen LogP contribution in [0.2, 0.25) is 0 Å². The van der Waals surface area contributed by atoms with Gasteiger partial charge in [-0.25, -0.2) is 4.79 Å². The average molecular weight is 893 g/mol. The van der Waals surface area contributed by atoms with Gasteiger partial charge in [0, 0.05) is 19.3 Å². The van der Waals surface area contributed by atoms with Gasteiger partial charge in [0.1, 0.15) is 18.8 Å². The lowest BCUT2D eigenvalue weighted by Crippen LogP contribution is -2.61. The molecule has 3 N–H and O–H groups in total. The Kier molecular flexibility index (Phi) is 37.2. The van der Waals surface area contributed by atoms with Gasteiger partial charge in [0.25, 0.3) is 0 Å². The Morgan fingerprint density at radius 3 is 1.52 bits per heavy atom. The molecule has 0 aliphatic carbocycles. The molecule has 1 aliphatic heterocycles. The van der Waals surface area contributed by atoms with Crippen LogP contribution in [-0.4, -0.2) is 89.2 Å². The summed E-state index contributed by atoms with van der Waals surface area (Å²) >= 11 is 0. The summed E-state index contributed by atoms with van der Waals surface area (Å²) in [5, 5.41) is 31.2. The molecule has 0 bridgehead atoms. The summed E-state index contributed by atoms with van der Waals surface area (Å²) in [5.41, 5.74) is 0. The quantitative estimate of drug-likeness (QED) is 0.0230. The van der Waals surface area contributed by atoms with Gasteiger partial charge in [0.15, 0.2) is 24.6 Å². The van der Waals surface area contributed by atoms with Crippen molar-refractivity contribution < 1.29 is 58.2 Å². The van der Waals surface area contributed by atoms with Crippen LogP contribution < -0.4 is 0 Å². The molecule has 1 heterocycles. The van der Waals surface area contributed by atoms with Crippen LogP contribution in [-0.2, 0) is 42.9 Å². The number of aliphatic carboxylic acids is 1. The van der Waals surface area contributed by atoms with E-state index in [4.69, 9.17) is 23.7 Å². The first-order valence-electron chi connectivity index (χ1n) is 25.0. The second kappa shape index (κ2) is 40.4. The zero-order valence-electron chi connectivity index (χ0n) is 39.6. The van der Waals surface area contributed by atoms with Gasteiger partial charge in [-0.2, -0.15) is 0 Å². The van der Waals surface area contributed by atoms with Crippen molar-refractivity contribution in [3.05, 3.63) is 36.5 Å². The van der Waals surface area contributed by atoms with E-state index >= 15 is 0 Å². The van der Waals surface area contributed by atoms with Gasteiger partial charge in [-0.3, -0.25) is 14.4 Å². The largest absolute Gasteiger partial charge is 0.479 e. The SMILES string of the molecule is CC/C=C\C/C=C\C/C=C\CCCCCCCC(=O)OC1C(OCC(COC(=O)CCCCCCCCCCC)OC(=O)CCCCCCCCCCC)OC(C(=O)O)C(O)C1O. The van der Waals surface area contributed by atoms with Gasteiger partial charge in [-0.1, -0.05) is 179 Å². The highest BCUT2D eigenvalue weighted by Gasteiger charge is 2.50. The van der Waals surface area contributed by atoms with Crippen molar-refractivity contribution in [1.29, 1.82) is 0 Å². The van der Waals surface area contributed by atoms with Crippen LogP contribution >= 0.6 is 0 Å². The van der Waals surface area contributed by atoms with E-state index in [0.717, 1.165) is 89.9 Å². The fourth-order valence-corrected chi connectivity index (χ4v) is 7.38. The monoisotopic (exact) mass is 893 g/mol. The number of carbonyl (C=O) groups excluding carboxylic acids is 3. The highest BCUT2D eigenvalue weighted by atomic mass is 16.7. The summed E-state index contributed by atoms with van der Waals surface area (Å²) < 4.78 is 28.2. The van der Waals surface area contributed by atoms with Crippen molar-refractivity contribution in [3.8, 4) is 0 Å². The van der Waals surface area contributed by atoms with E-state index in [2.05, 4.69) is 57.2 Å². The number of hydrogen-bond acceptors (Lipinski definition) is 11. The predicted molar refractivity (Wildman–Crippen MR) is 248 cm³/mol. The minimum absolute atomic E-state index is 0.0437. The fourth-order valence-electron chi connectivity index (χ4n) is 7.38. The summed E-state index contributed by atoms with van der Waals surface area (Å²) in [5.74, 6) is -3.14. The summed E-state index contributed by atoms with van der Waals surface area (Å²) in [6.07, 6.45) is 31.6. The molecule has 1 aliphatic rings. The topological polar surface area (TPSA) is 175 Å².